The number of methoxy groups -OCH3 is 1. The molecule has 0 radical (unpaired) electrons. The van der Waals surface area contributed by atoms with E-state index in [9.17, 15) is 9.59 Å². The fraction of sp³-hybridized carbons (Fsp3) is 0.348. The van der Waals surface area contributed by atoms with Gasteiger partial charge in [0.25, 0.3) is 11.8 Å². The quantitative estimate of drug-likeness (QED) is 0.648. The average molecular weight is 420 g/mol. The standard InChI is InChI=1S/C23H24N4O4/c1-4-16-11-20-22(29)27-10-9-26(21(28)19-13-31-24-15(19)2)23(27,14-25(20)12-16)17-5-7-18(30-3)8-6-17/h5-8,11-13H,4,9-10,14H2,1-3H3. The van der Waals surface area contributed by atoms with E-state index < -0.39 is 5.66 Å². The van der Waals surface area contributed by atoms with Gasteiger partial charge in [-0.25, -0.2) is 0 Å². The van der Waals surface area contributed by atoms with Crippen LogP contribution in [0.4, 0.5) is 0 Å². The Labute approximate surface area is 180 Å². The second kappa shape index (κ2) is 7.01. The number of nitrogens with zero attached hydrogens (tertiary/aromatic N) is 4. The molecule has 2 aliphatic heterocycles. The molecule has 0 saturated carbocycles. The fourth-order valence-corrected chi connectivity index (χ4v) is 4.78. The van der Waals surface area contributed by atoms with Gasteiger partial charge in [-0.05, 0) is 37.1 Å². The van der Waals surface area contributed by atoms with E-state index in [1.165, 1.54) is 6.26 Å². The van der Waals surface area contributed by atoms with Crippen LogP contribution in [0.2, 0.25) is 0 Å². The Morgan fingerprint density at radius 1 is 1.26 bits per heavy atom. The minimum Gasteiger partial charge on any atom is -0.497 e. The highest BCUT2D eigenvalue weighted by molar-refractivity contribution is 5.99. The zero-order valence-electron chi connectivity index (χ0n) is 17.8. The summed E-state index contributed by atoms with van der Waals surface area (Å²) >= 11 is 0. The molecular weight excluding hydrogens is 396 g/mol. The molecule has 0 spiro atoms. The highest BCUT2D eigenvalue weighted by atomic mass is 16.5. The normalized spacial score (nSPS) is 20.0. The molecule has 5 rings (SSSR count). The molecule has 2 aliphatic rings. The molecule has 2 aromatic heterocycles. The maximum atomic E-state index is 13.6. The molecule has 0 N–H and O–H groups in total. The Hall–Kier alpha value is -3.55. The lowest BCUT2D eigenvalue weighted by atomic mass is 9.93. The Bertz CT molecular complexity index is 1160. The lowest BCUT2D eigenvalue weighted by molar-refractivity contribution is -0.00598. The summed E-state index contributed by atoms with van der Waals surface area (Å²) in [5.41, 5.74) is 2.62. The van der Waals surface area contributed by atoms with Gasteiger partial charge in [0.15, 0.2) is 5.66 Å². The zero-order valence-corrected chi connectivity index (χ0v) is 17.8. The summed E-state index contributed by atoms with van der Waals surface area (Å²) < 4.78 is 12.3. The molecule has 160 valence electrons. The van der Waals surface area contributed by atoms with Crippen molar-refractivity contribution in [2.45, 2.75) is 32.5 Å². The van der Waals surface area contributed by atoms with Crippen LogP contribution in [-0.4, -0.2) is 51.5 Å². The van der Waals surface area contributed by atoms with Crippen molar-refractivity contribution in [2.75, 3.05) is 20.2 Å². The first-order chi connectivity index (χ1) is 15.0. The lowest BCUT2D eigenvalue weighted by Crippen LogP contribution is -2.60. The third-order valence-corrected chi connectivity index (χ3v) is 6.43. The summed E-state index contributed by atoms with van der Waals surface area (Å²) in [6.07, 6.45) is 4.23. The highest BCUT2D eigenvalue weighted by Gasteiger charge is 2.56. The van der Waals surface area contributed by atoms with Gasteiger partial charge >= 0.3 is 0 Å². The predicted molar refractivity (Wildman–Crippen MR) is 112 cm³/mol. The number of carbonyl (C=O) groups is 2. The van der Waals surface area contributed by atoms with Gasteiger partial charge in [-0.1, -0.05) is 24.2 Å². The molecule has 0 bridgehead atoms. The van der Waals surface area contributed by atoms with E-state index in [-0.39, 0.29) is 11.8 Å². The smallest absolute Gasteiger partial charge is 0.272 e. The number of carbonyl (C=O) groups excluding carboxylic acids is 2. The van der Waals surface area contributed by atoms with E-state index in [1.807, 2.05) is 46.0 Å². The van der Waals surface area contributed by atoms with Crippen molar-refractivity contribution in [3.05, 3.63) is 70.9 Å². The fourth-order valence-electron chi connectivity index (χ4n) is 4.78. The topological polar surface area (TPSA) is 80.8 Å². The number of hydrogen-bond acceptors (Lipinski definition) is 5. The van der Waals surface area contributed by atoms with E-state index >= 15 is 0 Å². The molecule has 3 aromatic rings. The van der Waals surface area contributed by atoms with Crippen LogP contribution in [0, 0.1) is 6.92 Å². The van der Waals surface area contributed by atoms with Crippen molar-refractivity contribution in [2.24, 2.45) is 0 Å². The van der Waals surface area contributed by atoms with Crippen molar-refractivity contribution in [3.8, 4) is 5.75 Å². The molecule has 1 fully saturated rings. The summed E-state index contributed by atoms with van der Waals surface area (Å²) in [6, 6.07) is 9.54. The number of hydrogen-bond donors (Lipinski definition) is 0. The van der Waals surface area contributed by atoms with Crippen LogP contribution in [0.3, 0.4) is 0 Å². The molecule has 1 aromatic carbocycles. The van der Waals surface area contributed by atoms with Crippen LogP contribution in [0.25, 0.3) is 0 Å². The largest absolute Gasteiger partial charge is 0.497 e. The van der Waals surface area contributed by atoms with Gasteiger partial charge in [-0.2, -0.15) is 0 Å². The summed E-state index contributed by atoms with van der Waals surface area (Å²) in [5, 5.41) is 3.87. The lowest BCUT2D eigenvalue weighted by Gasteiger charge is -2.47. The minimum absolute atomic E-state index is 0.0703. The second-order valence-corrected chi connectivity index (χ2v) is 7.99. The molecular formula is C23H24N4O4. The first-order valence-corrected chi connectivity index (χ1v) is 10.4. The molecule has 0 aliphatic carbocycles. The maximum absolute atomic E-state index is 13.6. The SMILES string of the molecule is CCc1cc2n(c1)CC1(c3ccc(OC)cc3)N(C(=O)c3conc3C)CCN1C2=O. The monoisotopic (exact) mass is 420 g/mol. The van der Waals surface area contributed by atoms with Gasteiger partial charge in [-0.3, -0.25) is 9.59 Å². The van der Waals surface area contributed by atoms with Crippen molar-refractivity contribution in [1.29, 1.82) is 0 Å². The third-order valence-electron chi connectivity index (χ3n) is 6.43. The van der Waals surface area contributed by atoms with Gasteiger partial charge < -0.3 is 23.6 Å². The Balaban J connectivity index is 1.69. The van der Waals surface area contributed by atoms with Gasteiger partial charge in [0.05, 0.1) is 19.3 Å². The van der Waals surface area contributed by atoms with Crippen LogP contribution >= 0.6 is 0 Å². The Morgan fingerprint density at radius 3 is 2.68 bits per heavy atom. The molecule has 2 amide bonds. The van der Waals surface area contributed by atoms with E-state index in [0.29, 0.717) is 36.6 Å². The molecule has 31 heavy (non-hydrogen) atoms. The van der Waals surface area contributed by atoms with Gasteiger partial charge in [0.2, 0.25) is 0 Å². The van der Waals surface area contributed by atoms with Crippen LogP contribution in [0.15, 0.2) is 47.3 Å². The number of amides is 2. The van der Waals surface area contributed by atoms with Crippen molar-refractivity contribution < 1.29 is 18.8 Å². The number of aryl methyl sites for hydroxylation is 2. The van der Waals surface area contributed by atoms with Crippen LogP contribution in [-0.2, 0) is 18.6 Å². The Morgan fingerprint density at radius 2 is 2.03 bits per heavy atom. The summed E-state index contributed by atoms with van der Waals surface area (Å²) in [6.45, 7) is 5.14. The predicted octanol–water partition coefficient (Wildman–Crippen LogP) is 2.82. The average Bonchev–Trinajstić information content (AvgIpc) is 3.50. The molecule has 1 atom stereocenters. The van der Waals surface area contributed by atoms with Crippen molar-refractivity contribution in [3.63, 3.8) is 0 Å². The van der Waals surface area contributed by atoms with E-state index in [4.69, 9.17) is 9.26 Å². The van der Waals surface area contributed by atoms with Gasteiger partial charge in [-0.15, -0.1) is 0 Å². The minimum atomic E-state index is -0.943. The molecule has 8 nitrogen and oxygen atoms in total. The van der Waals surface area contributed by atoms with Crippen LogP contribution in [0.1, 0.15) is 44.6 Å². The van der Waals surface area contributed by atoms with Crippen molar-refractivity contribution >= 4 is 11.8 Å². The number of benzene rings is 1. The molecule has 4 heterocycles. The highest BCUT2D eigenvalue weighted by Crippen LogP contribution is 2.44. The summed E-state index contributed by atoms with van der Waals surface area (Å²) in [4.78, 5) is 30.8. The molecule has 1 unspecified atom stereocenters. The maximum Gasteiger partial charge on any atom is 0.272 e. The second-order valence-electron chi connectivity index (χ2n) is 7.99. The number of ether oxygens (including phenoxy) is 1. The number of rotatable bonds is 4. The molecule has 8 heteroatoms. The van der Waals surface area contributed by atoms with Gasteiger partial charge in [0, 0.05) is 24.8 Å². The van der Waals surface area contributed by atoms with E-state index in [0.717, 1.165) is 23.3 Å². The van der Waals surface area contributed by atoms with E-state index in [2.05, 4.69) is 12.1 Å². The van der Waals surface area contributed by atoms with Crippen LogP contribution < -0.4 is 4.74 Å². The zero-order chi connectivity index (χ0) is 21.8. The summed E-state index contributed by atoms with van der Waals surface area (Å²) in [5.74, 6) is 0.449. The number of aromatic nitrogens is 2. The molecule has 1 saturated heterocycles. The number of fused-ring (bicyclic) bond motifs is 2. The summed E-state index contributed by atoms with van der Waals surface area (Å²) in [7, 11) is 1.61. The van der Waals surface area contributed by atoms with Gasteiger partial charge in [0.1, 0.15) is 23.3 Å². The Kier molecular flexibility index (Phi) is 4.39. The van der Waals surface area contributed by atoms with Crippen LogP contribution in [0.5, 0.6) is 5.75 Å². The first kappa shape index (κ1) is 19.4. The van der Waals surface area contributed by atoms with Crippen molar-refractivity contribution in [1.82, 2.24) is 19.5 Å². The van der Waals surface area contributed by atoms with E-state index in [1.54, 1.807) is 18.9 Å². The third kappa shape index (κ3) is 2.71. The first-order valence-electron chi connectivity index (χ1n) is 10.4.